The Labute approximate surface area is 549 Å². The summed E-state index contributed by atoms with van der Waals surface area (Å²) in [6.07, 6.45) is 18.7. The fourth-order valence-corrected chi connectivity index (χ4v) is 15.4. The van der Waals surface area contributed by atoms with E-state index in [9.17, 15) is 26.4 Å². The van der Waals surface area contributed by atoms with Crippen molar-refractivity contribution in [2.24, 2.45) is 11.5 Å². The number of hydrogen-bond acceptors (Lipinski definition) is 22. The molecule has 2 aliphatic carbocycles. The number of anilines is 2. The van der Waals surface area contributed by atoms with Crippen molar-refractivity contribution < 1.29 is 54.8 Å². The number of nitrogens with one attached hydrogen (secondary N) is 2. The number of hydrogen-bond donors (Lipinski definition) is 5. The van der Waals surface area contributed by atoms with Crippen LogP contribution >= 0.6 is 0 Å². The van der Waals surface area contributed by atoms with Crippen molar-refractivity contribution in [1.82, 2.24) is 59.1 Å². The predicted molar refractivity (Wildman–Crippen MR) is 361 cm³/mol. The topological polar surface area (TPSA) is 383 Å². The highest BCUT2D eigenvalue weighted by Crippen LogP contribution is 2.46. The molecule has 0 aliphatic heterocycles. The van der Waals surface area contributed by atoms with Gasteiger partial charge in [-0.1, -0.05) is 51.4 Å². The van der Waals surface area contributed by atoms with Crippen molar-refractivity contribution >= 4 is 70.6 Å². The van der Waals surface area contributed by atoms with Crippen molar-refractivity contribution in [2.75, 3.05) is 90.5 Å². The third kappa shape index (κ3) is 16.6. The Morgan fingerprint density at radius 3 is 1.37 bits per heavy atom. The molecule has 32 heteroatoms. The smallest absolute Gasteiger partial charge is 0.249 e. The summed E-state index contributed by atoms with van der Waals surface area (Å²) in [6.45, 7) is 16.0. The van der Waals surface area contributed by atoms with E-state index < -0.39 is 58.8 Å². The van der Waals surface area contributed by atoms with Crippen LogP contribution < -0.4 is 22.1 Å². The molecule has 2 saturated carbocycles. The molecule has 8 aromatic rings. The number of fused-ring (bicyclic) bond motifs is 2. The number of sulfone groups is 2. The number of pyridine rings is 2. The number of aromatic amines is 2. The summed E-state index contributed by atoms with van der Waals surface area (Å²) in [5.74, 6) is -0.146. The third-order valence-corrected chi connectivity index (χ3v) is 22.7. The van der Waals surface area contributed by atoms with Gasteiger partial charge in [0, 0.05) is 127 Å². The minimum Gasteiger partial charge on any atom is -0.382 e. The number of rotatable bonds is 29. The van der Waals surface area contributed by atoms with E-state index in [1.54, 1.807) is 68.3 Å². The zero-order valence-electron chi connectivity index (χ0n) is 55.2. The first-order chi connectivity index (χ1) is 44.6. The molecule has 0 spiro atoms. The number of nitrogens with two attached hydrogens (primary N) is 3. The van der Waals surface area contributed by atoms with E-state index in [4.69, 9.17) is 60.7 Å². The summed E-state index contributed by atoms with van der Waals surface area (Å²) in [5, 5.41) is 9.12. The molecule has 0 bridgehead atoms. The Kier molecular flexibility index (Phi) is 22.4. The van der Waals surface area contributed by atoms with E-state index in [-0.39, 0.29) is 54.1 Å². The Bertz CT molecular complexity index is 4090. The highest BCUT2D eigenvalue weighted by Gasteiger charge is 2.46. The summed E-state index contributed by atoms with van der Waals surface area (Å²) in [7, 11) is -7.42. The number of aromatic nitrogens is 12. The summed E-state index contributed by atoms with van der Waals surface area (Å²) < 4.78 is 91.7. The van der Waals surface area contributed by atoms with Crippen LogP contribution in [-0.4, -0.2) is 195 Å². The van der Waals surface area contributed by atoms with Gasteiger partial charge in [0.2, 0.25) is 11.8 Å². The van der Waals surface area contributed by atoms with Gasteiger partial charge in [0.25, 0.3) is 0 Å². The molecule has 0 radical (unpaired) electrons. The average molecular weight is 1370 g/mol. The Morgan fingerprint density at radius 1 is 0.596 bits per heavy atom. The summed E-state index contributed by atoms with van der Waals surface area (Å²) in [6, 6.07) is 9.35. The van der Waals surface area contributed by atoms with Crippen LogP contribution in [0.5, 0.6) is 0 Å². The van der Waals surface area contributed by atoms with Gasteiger partial charge >= 0.3 is 0 Å². The lowest BCUT2D eigenvalue weighted by molar-refractivity contribution is -0.151. The highest BCUT2D eigenvalue weighted by atomic mass is 32.2. The van der Waals surface area contributed by atoms with Gasteiger partial charge in [-0.15, -0.1) is 0 Å². The fourth-order valence-electron chi connectivity index (χ4n) is 11.7. The number of amides is 2. The number of ether oxygens (including phenoxy) is 6. The number of methoxy groups -OCH3 is 2. The SMILES string of the molecule is COCCOC1(C(N)=O)CCC(c2nc3c(-c4ccc(-c5ncc[nH]5)nc4)cnn3c(N(COCC[Si](C)(C)C)COCC[Si](C)(C)C)c2S(C)(=O)=O)CC1.COCCOC1(C(N)=O)CCC(c2nc3c(-c4ccc(-c5ncc[nH]5)nc4)cnn3c(N)c2S(C)(=O)=O)CC1. The van der Waals surface area contributed by atoms with Gasteiger partial charge in [-0.25, -0.2) is 36.8 Å². The first-order valence-electron chi connectivity index (χ1n) is 31.2. The van der Waals surface area contributed by atoms with Crippen LogP contribution in [0.25, 0.3) is 56.6 Å². The Balaban J connectivity index is 0.000000234. The Hall–Kier alpha value is -7.41. The maximum absolute atomic E-state index is 14.1. The first-order valence-corrected chi connectivity index (χ1v) is 42.4. The van der Waals surface area contributed by atoms with Crippen LogP contribution in [0, 0.1) is 0 Å². The fraction of sp³-hybridized carbons (Fsp3) is 0.516. The van der Waals surface area contributed by atoms with Crippen LogP contribution in [0.15, 0.2) is 83.6 Å². The molecule has 8 N–H and O–H groups in total. The van der Waals surface area contributed by atoms with Crippen LogP contribution in [0.4, 0.5) is 11.6 Å². The number of H-pyrrole nitrogens is 2. The average Bonchev–Trinajstić information content (AvgIpc) is 1.50. The number of primary amides is 2. The number of carbonyl (C=O) groups is 2. The second-order valence-electron chi connectivity index (χ2n) is 26.4. The van der Waals surface area contributed by atoms with Gasteiger partial charge in [-0.05, 0) is 75.6 Å². The molecule has 28 nitrogen and oxygen atoms in total. The second kappa shape index (κ2) is 29.7. The second-order valence-corrected chi connectivity index (χ2v) is 41.6. The van der Waals surface area contributed by atoms with Gasteiger partial charge in [0.15, 0.2) is 48.4 Å². The van der Waals surface area contributed by atoms with Crippen LogP contribution in [0.3, 0.4) is 0 Å². The molecule has 2 amide bonds. The van der Waals surface area contributed by atoms with Gasteiger partial charge in [0.1, 0.15) is 51.7 Å². The molecule has 0 unspecified atom stereocenters. The zero-order valence-corrected chi connectivity index (χ0v) is 58.8. The molecule has 0 atom stereocenters. The van der Waals surface area contributed by atoms with E-state index in [2.05, 4.69) is 74.3 Å². The van der Waals surface area contributed by atoms with E-state index in [1.807, 2.05) is 29.2 Å². The quantitative estimate of drug-likeness (QED) is 0.0175. The molecule has 94 heavy (non-hydrogen) atoms. The maximum Gasteiger partial charge on any atom is 0.249 e. The van der Waals surface area contributed by atoms with E-state index in [0.717, 1.165) is 29.5 Å². The van der Waals surface area contributed by atoms with Crippen molar-refractivity contribution in [1.29, 1.82) is 0 Å². The number of nitrogens with zero attached hydrogens (tertiary/aromatic N) is 11. The largest absolute Gasteiger partial charge is 0.382 e. The molecule has 0 saturated heterocycles. The minimum atomic E-state index is -3.93. The summed E-state index contributed by atoms with van der Waals surface area (Å²) in [5.41, 5.74) is 21.5. The van der Waals surface area contributed by atoms with Gasteiger partial charge in [-0.3, -0.25) is 19.6 Å². The molecular weight excluding hydrogens is 1280 g/mol. The number of nitrogen functional groups attached to an aromatic ring is 1. The first kappa shape index (κ1) is 70.9. The summed E-state index contributed by atoms with van der Waals surface area (Å²) >= 11 is 0. The standard InChI is InChI=1S/C37H58N8O7SSi2.C25H30N8O5S/c1-49-17-18-52-37(36(38)46)13-11-27(12-14-37)31-32(53(2,47)48)35(44(25-50-19-21-54(3,4)5)26-51-20-22-55(6,7)8)45-34(43-31)29(24-42-45)28-9-10-30(41-23-28)33-39-15-16-40-33;1-37-11-12-38-25(24(27)34)7-5-15(6-8-25)19-20(39(2,35)36)21(26)33-23(32-19)17(14-31-33)16-3-4-18(30-13-16)22-28-9-10-29-22/h9-10,15-16,23-24,27H,11-14,17-22,25-26H2,1-8H3,(H2,38,46)(H,39,40);3-4,9-10,13-15H,5-8,11-12,26H2,1-2H3,(H2,27,34)(H,28,29). The molecule has 10 rings (SSSR count). The molecule has 2 fully saturated rings. The molecule has 508 valence electrons. The van der Waals surface area contributed by atoms with E-state index in [0.29, 0.717) is 140 Å². The Morgan fingerprint density at radius 2 is 1.01 bits per heavy atom. The van der Waals surface area contributed by atoms with Crippen molar-refractivity contribution in [3.63, 3.8) is 0 Å². The monoisotopic (exact) mass is 1370 g/mol. The molecular formula is C62H88N16O12S2Si2. The van der Waals surface area contributed by atoms with Crippen LogP contribution in [0.1, 0.15) is 74.6 Å². The predicted octanol–water partition coefficient (Wildman–Crippen LogP) is 7.27. The van der Waals surface area contributed by atoms with Crippen molar-refractivity contribution in [3.05, 3.63) is 85.2 Å². The van der Waals surface area contributed by atoms with E-state index in [1.165, 1.54) is 10.8 Å². The number of carbonyl (C=O) groups excluding carboxylic acids is 2. The lowest BCUT2D eigenvalue weighted by Crippen LogP contribution is -2.49. The normalized spacial score (nSPS) is 18.9. The molecule has 8 aromatic heterocycles. The minimum absolute atomic E-state index is 0.0213. The third-order valence-electron chi connectivity index (χ3n) is 17.0. The van der Waals surface area contributed by atoms with Gasteiger partial charge in [0.05, 0.1) is 50.2 Å². The molecule has 2 aliphatic rings. The lowest BCUT2D eigenvalue weighted by Gasteiger charge is -2.38. The molecule has 0 aromatic carbocycles. The zero-order chi connectivity index (χ0) is 67.8. The van der Waals surface area contributed by atoms with Crippen molar-refractivity contribution in [2.45, 2.75) is 136 Å². The van der Waals surface area contributed by atoms with Crippen LogP contribution in [-0.2, 0) is 57.7 Å². The number of imidazole rings is 2. The lowest BCUT2D eigenvalue weighted by atomic mass is 9.76. The maximum atomic E-state index is 14.1. The van der Waals surface area contributed by atoms with Gasteiger partial charge < -0.3 is 60.5 Å². The van der Waals surface area contributed by atoms with E-state index >= 15 is 0 Å². The van der Waals surface area contributed by atoms with Crippen molar-refractivity contribution in [3.8, 4) is 45.3 Å². The summed E-state index contributed by atoms with van der Waals surface area (Å²) in [4.78, 5) is 60.7. The van der Waals surface area contributed by atoms with Gasteiger partial charge in [-0.2, -0.15) is 19.2 Å². The molecule has 8 heterocycles. The van der Waals surface area contributed by atoms with Crippen LogP contribution in [0.2, 0.25) is 51.4 Å². The highest BCUT2D eigenvalue weighted by molar-refractivity contribution is 7.91.